The van der Waals surface area contributed by atoms with Crippen molar-refractivity contribution in [2.45, 2.75) is 103 Å². The highest BCUT2D eigenvalue weighted by Gasteiger charge is 2.64. The average Bonchev–Trinajstić information content (AvgIpc) is 3.30. The third kappa shape index (κ3) is 2.92. The van der Waals surface area contributed by atoms with Crippen molar-refractivity contribution in [2.24, 2.45) is 40.7 Å². The molecule has 2 saturated heterocycles. The number of likely N-dealkylation sites (N-methyl/N-ethyl adjacent to an activating group) is 1. The minimum absolute atomic E-state index is 0.0486. The maximum absolute atomic E-state index is 7.94. The first-order valence-electron chi connectivity index (χ1n) is 13.8. The monoisotopic (exact) mass is 452 g/mol. The molecule has 4 heteroatoms. The van der Waals surface area contributed by atoms with Crippen LogP contribution in [0.5, 0.6) is 0 Å². The van der Waals surface area contributed by atoms with Gasteiger partial charge in [0, 0.05) is 30.7 Å². The van der Waals surface area contributed by atoms with Crippen LogP contribution in [0.25, 0.3) is 0 Å². The van der Waals surface area contributed by atoms with E-state index < -0.39 is 0 Å². The van der Waals surface area contributed by atoms with Gasteiger partial charge in [-0.1, -0.05) is 25.0 Å². The molecule has 10 atom stereocenters. The van der Waals surface area contributed by atoms with Gasteiger partial charge in [0.25, 0.3) is 0 Å². The predicted octanol–water partition coefficient (Wildman–Crippen LogP) is 5.78. The Bertz CT molecular complexity index is 937. The second-order valence-electron chi connectivity index (χ2n) is 13.6. The number of ether oxygens (including phenoxy) is 1. The second-order valence-corrected chi connectivity index (χ2v) is 13.6. The Hall–Kier alpha value is -1.13. The molecule has 0 bridgehead atoms. The lowest BCUT2D eigenvalue weighted by Crippen LogP contribution is -2.54. The van der Waals surface area contributed by atoms with Crippen molar-refractivity contribution < 1.29 is 9.22 Å². The van der Waals surface area contributed by atoms with Crippen molar-refractivity contribution in [2.75, 3.05) is 13.6 Å². The molecule has 0 aromatic carbocycles. The van der Waals surface area contributed by atoms with E-state index in [-0.39, 0.29) is 5.60 Å². The van der Waals surface area contributed by atoms with Gasteiger partial charge in [-0.25, -0.2) is 0 Å². The highest BCUT2D eigenvalue weighted by atomic mass is 16.5. The van der Waals surface area contributed by atoms with E-state index in [1.165, 1.54) is 45.1 Å². The zero-order valence-electron chi connectivity index (χ0n) is 21.6. The summed E-state index contributed by atoms with van der Waals surface area (Å²) in [5.41, 5.74) is 12.3. The molecule has 6 rings (SSSR count). The largest absolute Gasteiger partial charge is 0.402 e. The number of fused-ring (bicyclic) bond motifs is 6. The van der Waals surface area contributed by atoms with Crippen LogP contribution in [0.15, 0.2) is 22.4 Å². The lowest BCUT2D eigenvalue weighted by molar-refractivity contribution is -0.941. The maximum atomic E-state index is 7.94. The predicted molar refractivity (Wildman–Crippen MR) is 134 cm³/mol. The summed E-state index contributed by atoms with van der Waals surface area (Å²) in [4.78, 5) is 0. The van der Waals surface area contributed by atoms with Gasteiger partial charge in [0.1, 0.15) is 11.6 Å². The van der Waals surface area contributed by atoms with Crippen LogP contribution in [0.3, 0.4) is 0 Å². The molecule has 4 fully saturated rings. The smallest absolute Gasteiger partial charge is 0.194 e. The molecule has 6 aliphatic rings. The summed E-state index contributed by atoms with van der Waals surface area (Å²) in [6.07, 6.45) is 12.9. The average molecular weight is 453 g/mol. The molecule has 4 nitrogen and oxygen atoms in total. The maximum Gasteiger partial charge on any atom is 0.194 e. The molecule has 0 radical (unpaired) electrons. The van der Waals surface area contributed by atoms with Gasteiger partial charge in [-0.3, -0.25) is 4.48 Å². The van der Waals surface area contributed by atoms with E-state index in [2.05, 4.69) is 34.7 Å². The molecule has 4 aliphatic carbocycles. The van der Waals surface area contributed by atoms with Gasteiger partial charge >= 0.3 is 0 Å². The Morgan fingerprint density at radius 2 is 1.94 bits per heavy atom. The van der Waals surface area contributed by atoms with Crippen LogP contribution < -0.4 is 5.73 Å². The fourth-order valence-electron chi connectivity index (χ4n) is 10.2. The van der Waals surface area contributed by atoms with Crippen LogP contribution in [0.4, 0.5) is 0 Å². The molecular weight excluding hydrogens is 406 g/mol. The SMILES string of the molecule is CC1=C2CC3C(CCC4CC(N)=C(C=N)CC43C)C2CCC2(C1)OC1CC(C)C[N+]1(C)[C@H]2C. The second kappa shape index (κ2) is 7.20. The number of hydrogen-bond donors (Lipinski definition) is 2. The van der Waals surface area contributed by atoms with Crippen molar-refractivity contribution in [1.29, 1.82) is 5.41 Å². The first kappa shape index (κ1) is 22.3. The van der Waals surface area contributed by atoms with Gasteiger partial charge in [0.2, 0.25) is 0 Å². The summed E-state index contributed by atoms with van der Waals surface area (Å²) in [6.45, 7) is 11.2. The van der Waals surface area contributed by atoms with Gasteiger partial charge in [0.15, 0.2) is 6.23 Å². The minimum Gasteiger partial charge on any atom is -0.402 e. The Balaban J connectivity index is 1.30. The van der Waals surface area contributed by atoms with Crippen LogP contribution in [0, 0.1) is 40.4 Å². The van der Waals surface area contributed by atoms with Crippen molar-refractivity contribution in [1.82, 2.24) is 0 Å². The fraction of sp³-hybridized carbons (Fsp3) is 0.828. The summed E-state index contributed by atoms with van der Waals surface area (Å²) >= 11 is 0. The summed E-state index contributed by atoms with van der Waals surface area (Å²) in [5, 5.41) is 7.94. The van der Waals surface area contributed by atoms with E-state index in [1.54, 1.807) is 17.4 Å². The molecule has 0 aromatic rings. The molecule has 2 heterocycles. The summed E-state index contributed by atoms with van der Waals surface area (Å²) in [5.74, 6) is 3.83. The minimum atomic E-state index is 0.0486. The highest BCUT2D eigenvalue weighted by molar-refractivity contribution is 5.77. The zero-order valence-corrected chi connectivity index (χ0v) is 21.6. The third-order valence-corrected chi connectivity index (χ3v) is 12.1. The van der Waals surface area contributed by atoms with Gasteiger partial charge in [0.05, 0.1) is 13.6 Å². The van der Waals surface area contributed by atoms with E-state index in [0.29, 0.717) is 23.6 Å². The van der Waals surface area contributed by atoms with Gasteiger partial charge in [-0.05, 0) is 93.5 Å². The molecule has 3 N–H and O–H groups in total. The van der Waals surface area contributed by atoms with E-state index in [4.69, 9.17) is 15.9 Å². The van der Waals surface area contributed by atoms with Crippen molar-refractivity contribution >= 4 is 6.21 Å². The van der Waals surface area contributed by atoms with Crippen molar-refractivity contribution in [3.8, 4) is 0 Å². The molecule has 182 valence electrons. The van der Waals surface area contributed by atoms with Gasteiger partial charge in [-0.15, -0.1) is 0 Å². The third-order valence-electron chi connectivity index (χ3n) is 12.1. The number of allylic oxidation sites excluding steroid dienone is 3. The van der Waals surface area contributed by atoms with E-state index in [9.17, 15) is 0 Å². The van der Waals surface area contributed by atoms with Crippen LogP contribution in [-0.4, -0.2) is 42.2 Å². The van der Waals surface area contributed by atoms with Crippen LogP contribution >= 0.6 is 0 Å². The molecule has 0 amide bonds. The lowest BCUT2D eigenvalue weighted by Gasteiger charge is -2.52. The first-order valence-corrected chi connectivity index (χ1v) is 13.8. The summed E-state index contributed by atoms with van der Waals surface area (Å²) in [7, 11) is 2.48. The molecular formula is C29H46N3O+. The number of quaternary nitrogens is 1. The Labute approximate surface area is 201 Å². The fourth-order valence-corrected chi connectivity index (χ4v) is 10.2. The molecule has 2 aliphatic heterocycles. The van der Waals surface area contributed by atoms with E-state index >= 15 is 0 Å². The van der Waals surface area contributed by atoms with Gasteiger partial charge in [-0.2, -0.15) is 0 Å². The lowest BCUT2D eigenvalue weighted by atomic mass is 9.52. The number of nitrogens with one attached hydrogen (secondary N) is 1. The summed E-state index contributed by atoms with van der Waals surface area (Å²) in [6, 6.07) is 0.590. The molecule has 0 aromatic heterocycles. The standard InChI is InChI=1S/C29H46N3O/c1-17-10-27-32(5,16-17)19(3)29(33-27)9-8-22-23-7-6-21-11-26(31)20(15-30)14-28(21,4)25(23)12-24(22)18(2)13-29/h15,17,19,21-23,25,27,30H,6-14,16,31H2,1-5H3/q+1/t17?,19-,21?,22?,23?,25?,27?,28?,29?,32?/m0/s1. The number of hydrogen-bond acceptors (Lipinski definition) is 3. The molecule has 2 saturated carbocycles. The van der Waals surface area contributed by atoms with Gasteiger partial charge < -0.3 is 15.9 Å². The normalized spacial score (nSPS) is 53.5. The van der Waals surface area contributed by atoms with Crippen molar-refractivity contribution in [3.05, 3.63) is 22.4 Å². The molecule has 9 unspecified atom stereocenters. The Morgan fingerprint density at radius 1 is 1.15 bits per heavy atom. The topological polar surface area (TPSA) is 59.1 Å². The van der Waals surface area contributed by atoms with Crippen LogP contribution in [0.1, 0.15) is 85.5 Å². The number of nitrogens with two attached hydrogens (primary N) is 1. The molecule has 1 spiro atoms. The van der Waals surface area contributed by atoms with Crippen molar-refractivity contribution in [3.63, 3.8) is 0 Å². The van der Waals surface area contributed by atoms with E-state index in [0.717, 1.165) is 58.7 Å². The Kier molecular flexibility index (Phi) is 4.87. The quantitative estimate of drug-likeness (QED) is 0.301. The first-order chi connectivity index (χ1) is 15.6. The zero-order chi connectivity index (χ0) is 23.3. The summed E-state index contributed by atoms with van der Waals surface area (Å²) < 4.78 is 8.23. The highest BCUT2D eigenvalue weighted by Crippen LogP contribution is 2.65. The molecule has 33 heavy (non-hydrogen) atoms. The number of rotatable bonds is 1. The Morgan fingerprint density at radius 3 is 2.67 bits per heavy atom. The van der Waals surface area contributed by atoms with E-state index in [1.807, 2.05) is 0 Å². The number of nitrogens with zero attached hydrogens (tertiary/aromatic N) is 1. The van der Waals surface area contributed by atoms with Crippen LogP contribution in [0.2, 0.25) is 0 Å². The van der Waals surface area contributed by atoms with Crippen LogP contribution in [-0.2, 0) is 4.74 Å².